The third kappa shape index (κ3) is 4.67. The molecule has 4 rings (SSSR count). The van der Waals surface area contributed by atoms with Crippen LogP contribution < -0.4 is 14.4 Å². The number of carbonyl (C=O) groups excluding carboxylic acids is 3. The fourth-order valence-electron chi connectivity index (χ4n) is 4.22. The zero-order chi connectivity index (χ0) is 23.5. The van der Waals surface area contributed by atoms with Gasteiger partial charge in [-0.2, -0.15) is 0 Å². The quantitative estimate of drug-likeness (QED) is 0.575. The first kappa shape index (κ1) is 23.1. The van der Waals surface area contributed by atoms with Crippen molar-refractivity contribution in [1.82, 2.24) is 4.90 Å². The molecule has 2 fully saturated rings. The second-order valence-corrected chi connectivity index (χ2v) is 8.36. The van der Waals surface area contributed by atoms with Gasteiger partial charge in [0.05, 0.1) is 32.4 Å². The highest BCUT2D eigenvalue weighted by Gasteiger charge is 2.45. The first-order valence-corrected chi connectivity index (χ1v) is 11.1. The fraction of sp³-hybridized carbons (Fsp3) is 0.375. The second-order valence-electron chi connectivity index (χ2n) is 7.93. The molecule has 2 aliphatic heterocycles. The summed E-state index contributed by atoms with van der Waals surface area (Å²) in [5.41, 5.74) is 0.753. The summed E-state index contributed by atoms with van der Waals surface area (Å²) in [6.45, 7) is 0.822. The molecule has 2 atom stereocenters. The van der Waals surface area contributed by atoms with Crippen LogP contribution in [0.15, 0.2) is 42.5 Å². The van der Waals surface area contributed by atoms with Gasteiger partial charge in [-0.1, -0.05) is 11.6 Å². The van der Waals surface area contributed by atoms with Gasteiger partial charge in [-0.05, 0) is 55.3 Å². The van der Waals surface area contributed by atoms with Gasteiger partial charge in [-0.15, -0.1) is 0 Å². The standard InChI is InChI=1S/C24H25ClN2O6/c1-31-20-10-5-15(12-21(20)32-2)23(29)26(14-18-4-3-11-33-18)19-13-22(28)27(24(19)30)17-8-6-16(25)7-9-17/h5-10,12,18-19H,3-4,11,13-14H2,1-2H3. The Morgan fingerprint density at radius 1 is 1.12 bits per heavy atom. The number of benzene rings is 2. The first-order chi connectivity index (χ1) is 15.9. The number of halogens is 1. The monoisotopic (exact) mass is 472 g/mol. The summed E-state index contributed by atoms with van der Waals surface area (Å²) >= 11 is 5.95. The summed E-state index contributed by atoms with van der Waals surface area (Å²) in [6.07, 6.45) is 1.37. The number of anilines is 1. The second kappa shape index (κ2) is 9.80. The molecule has 33 heavy (non-hydrogen) atoms. The topological polar surface area (TPSA) is 85.4 Å². The maximum Gasteiger partial charge on any atom is 0.257 e. The van der Waals surface area contributed by atoms with Crippen molar-refractivity contribution < 1.29 is 28.6 Å². The van der Waals surface area contributed by atoms with Crippen LogP contribution in [-0.4, -0.2) is 62.1 Å². The number of nitrogens with zero attached hydrogens (tertiary/aromatic N) is 2. The van der Waals surface area contributed by atoms with Gasteiger partial charge in [0, 0.05) is 23.7 Å². The number of ether oxygens (including phenoxy) is 3. The SMILES string of the molecule is COc1ccc(C(=O)N(CC2CCCO2)C2CC(=O)N(c3ccc(Cl)cc3)C2=O)cc1OC. The maximum atomic E-state index is 13.6. The molecule has 2 aromatic rings. The van der Waals surface area contributed by atoms with Crippen LogP contribution in [0.25, 0.3) is 0 Å². The van der Waals surface area contributed by atoms with Gasteiger partial charge in [0.15, 0.2) is 11.5 Å². The molecule has 2 unspecified atom stereocenters. The van der Waals surface area contributed by atoms with Crippen LogP contribution >= 0.6 is 11.6 Å². The Morgan fingerprint density at radius 3 is 2.48 bits per heavy atom. The van der Waals surface area contributed by atoms with Crippen LogP contribution in [0.4, 0.5) is 5.69 Å². The average Bonchev–Trinajstić information content (AvgIpc) is 3.44. The molecule has 0 radical (unpaired) electrons. The predicted molar refractivity (Wildman–Crippen MR) is 122 cm³/mol. The molecule has 2 aliphatic rings. The molecule has 0 N–H and O–H groups in total. The lowest BCUT2D eigenvalue weighted by Crippen LogP contribution is -2.48. The summed E-state index contributed by atoms with van der Waals surface area (Å²) in [4.78, 5) is 42.4. The Hall–Kier alpha value is -3.10. The Morgan fingerprint density at radius 2 is 1.85 bits per heavy atom. The first-order valence-electron chi connectivity index (χ1n) is 10.7. The summed E-state index contributed by atoms with van der Waals surface area (Å²) < 4.78 is 16.3. The van der Waals surface area contributed by atoms with E-state index in [-0.39, 0.29) is 30.9 Å². The Bertz CT molecular complexity index is 1050. The van der Waals surface area contributed by atoms with E-state index in [0.29, 0.717) is 34.4 Å². The third-order valence-electron chi connectivity index (χ3n) is 5.90. The fourth-order valence-corrected chi connectivity index (χ4v) is 4.34. The summed E-state index contributed by atoms with van der Waals surface area (Å²) in [7, 11) is 3.00. The normalized spacial score (nSPS) is 20.3. The van der Waals surface area contributed by atoms with E-state index in [4.69, 9.17) is 25.8 Å². The largest absolute Gasteiger partial charge is 0.493 e. The Balaban J connectivity index is 1.65. The van der Waals surface area contributed by atoms with Crippen molar-refractivity contribution in [2.24, 2.45) is 0 Å². The number of carbonyl (C=O) groups is 3. The molecular weight excluding hydrogens is 448 g/mol. The van der Waals surface area contributed by atoms with Gasteiger partial charge in [-0.3, -0.25) is 14.4 Å². The van der Waals surface area contributed by atoms with Crippen molar-refractivity contribution in [1.29, 1.82) is 0 Å². The molecule has 9 heteroatoms. The van der Waals surface area contributed by atoms with E-state index in [1.807, 2.05) is 0 Å². The number of amides is 3. The maximum absolute atomic E-state index is 13.6. The summed E-state index contributed by atoms with van der Waals surface area (Å²) in [5.74, 6) is -0.313. The number of hydrogen-bond donors (Lipinski definition) is 0. The van der Waals surface area contributed by atoms with Crippen LogP contribution in [0.2, 0.25) is 5.02 Å². The molecule has 0 saturated carbocycles. The van der Waals surface area contributed by atoms with Gasteiger partial charge in [0.2, 0.25) is 5.91 Å². The van der Waals surface area contributed by atoms with Crippen LogP contribution in [0.5, 0.6) is 11.5 Å². The molecule has 0 aliphatic carbocycles. The highest BCUT2D eigenvalue weighted by molar-refractivity contribution is 6.31. The van der Waals surface area contributed by atoms with E-state index in [1.54, 1.807) is 42.5 Å². The van der Waals surface area contributed by atoms with E-state index in [9.17, 15) is 14.4 Å². The third-order valence-corrected chi connectivity index (χ3v) is 6.15. The van der Waals surface area contributed by atoms with Gasteiger partial charge in [0.25, 0.3) is 11.8 Å². The van der Waals surface area contributed by atoms with Crippen molar-refractivity contribution in [2.75, 3.05) is 32.3 Å². The van der Waals surface area contributed by atoms with Gasteiger partial charge >= 0.3 is 0 Å². The molecule has 0 aromatic heterocycles. The number of rotatable bonds is 7. The molecule has 2 aromatic carbocycles. The average molecular weight is 473 g/mol. The molecule has 174 valence electrons. The lowest BCUT2D eigenvalue weighted by Gasteiger charge is -2.30. The summed E-state index contributed by atoms with van der Waals surface area (Å²) in [5, 5.41) is 0.498. The summed E-state index contributed by atoms with van der Waals surface area (Å²) in [6, 6.07) is 10.3. The van der Waals surface area contributed by atoms with E-state index < -0.39 is 11.9 Å². The van der Waals surface area contributed by atoms with E-state index in [2.05, 4.69) is 0 Å². The van der Waals surface area contributed by atoms with Crippen LogP contribution in [0.3, 0.4) is 0 Å². The van der Waals surface area contributed by atoms with Crippen molar-refractivity contribution in [2.45, 2.75) is 31.4 Å². The Labute approximate surface area is 197 Å². The van der Waals surface area contributed by atoms with Gasteiger partial charge < -0.3 is 19.1 Å². The van der Waals surface area contributed by atoms with Crippen molar-refractivity contribution >= 4 is 35.0 Å². The van der Waals surface area contributed by atoms with Crippen molar-refractivity contribution in [3.05, 3.63) is 53.1 Å². The highest BCUT2D eigenvalue weighted by atomic mass is 35.5. The Kier molecular flexibility index (Phi) is 6.85. The minimum atomic E-state index is -0.932. The van der Waals surface area contributed by atoms with Gasteiger partial charge in [0.1, 0.15) is 6.04 Å². The molecule has 8 nitrogen and oxygen atoms in total. The molecule has 0 bridgehead atoms. The van der Waals surface area contributed by atoms with E-state index >= 15 is 0 Å². The number of methoxy groups -OCH3 is 2. The highest BCUT2D eigenvalue weighted by Crippen LogP contribution is 2.31. The van der Waals surface area contributed by atoms with Crippen molar-refractivity contribution in [3.8, 4) is 11.5 Å². The smallest absolute Gasteiger partial charge is 0.257 e. The lowest BCUT2D eigenvalue weighted by molar-refractivity contribution is -0.122. The van der Waals surface area contributed by atoms with E-state index in [1.165, 1.54) is 19.1 Å². The molecule has 2 heterocycles. The van der Waals surface area contributed by atoms with Gasteiger partial charge in [-0.25, -0.2) is 4.90 Å². The molecule has 2 saturated heterocycles. The zero-order valence-corrected chi connectivity index (χ0v) is 19.2. The van der Waals surface area contributed by atoms with Crippen LogP contribution in [0, 0.1) is 0 Å². The minimum absolute atomic E-state index is 0.104. The zero-order valence-electron chi connectivity index (χ0n) is 18.5. The number of hydrogen-bond acceptors (Lipinski definition) is 6. The van der Waals surface area contributed by atoms with Crippen molar-refractivity contribution in [3.63, 3.8) is 0 Å². The lowest BCUT2D eigenvalue weighted by atomic mass is 10.1. The molecule has 3 amide bonds. The van der Waals surface area contributed by atoms with E-state index in [0.717, 1.165) is 17.7 Å². The van der Waals surface area contributed by atoms with Crippen LogP contribution in [0.1, 0.15) is 29.6 Å². The minimum Gasteiger partial charge on any atom is -0.493 e. The molecule has 0 spiro atoms. The predicted octanol–water partition coefficient (Wildman–Crippen LogP) is 3.31. The van der Waals surface area contributed by atoms with Crippen LogP contribution in [-0.2, 0) is 14.3 Å². The number of imide groups is 1. The molecular formula is C24H25ClN2O6.